The number of aromatic nitrogens is 1. The summed E-state index contributed by atoms with van der Waals surface area (Å²) in [6, 6.07) is 12.9. The van der Waals surface area contributed by atoms with E-state index in [2.05, 4.69) is 45.1 Å². The molecule has 0 unspecified atom stereocenters. The molecule has 1 aliphatic carbocycles. The highest BCUT2D eigenvalue weighted by Crippen LogP contribution is 2.24. The van der Waals surface area contributed by atoms with Crippen LogP contribution in [0, 0.1) is 0 Å². The minimum atomic E-state index is 0.415. The van der Waals surface area contributed by atoms with Gasteiger partial charge in [0.1, 0.15) is 5.75 Å². The van der Waals surface area contributed by atoms with Gasteiger partial charge in [-0.2, -0.15) is 0 Å². The van der Waals surface area contributed by atoms with E-state index < -0.39 is 0 Å². The van der Waals surface area contributed by atoms with E-state index in [1.807, 2.05) is 18.5 Å². The molecule has 2 aliphatic rings. The van der Waals surface area contributed by atoms with Crippen molar-refractivity contribution in [1.82, 2.24) is 14.8 Å². The molecule has 0 radical (unpaired) electrons. The molecule has 1 aromatic carbocycles. The predicted molar refractivity (Wildman–Crippen MR) is 120 cm³/mol. The van der Waals surface area contributed by atoms with Gasteiger partial charge in [-0.05, 0) is 68.0 Å². The Kier molecular flexibility index (Phi) is 8.12. The lowest BCUT2D eigenvalue weighted by Crippen LogP contribution is -2.38. The largest absolute Gasteiger partial charge is 0.490 e. The van der Waals surface area contributed by atoms with Gasteiger partial charge >= 0.3 is 0 Å². The number of hydrogen-bond donors (Lipinski definition) is 0. The fourth-order valence-electron chi connectivity index (χ4n) is 4.44. The number of ether oxygens (including phenoxy) is 2. The Labute approximate surface area is 181 Å². The van der Waals surface area contributed by atoms with Crippen LogP contribution in [0.2, 0.25) is 0 Å². The summed E-state index contributed by atoms with van der Waals surface area (Å²) >= 11 is 0. The third-order valence-electron chi connectivity index (χ3n) is 6.12. The summed E-state index contributed by atoms with van der Waals surface area (Å²) in [7, 11) is 0. The number of benzene rings is 1. The predicted octanol–water partition coefficient (Wildman–Crippen LogP) is 4.13. The van der Waals surface area contributed by atoms with Crippen molar-refractivity contribution >= 4 is 0 Å². The minimum Gasteiger partial charge on any atom is -0.490 e. The number of pyridine rings is 1. The van der Waals surface area contributed by atoms with Gasteiger partial charge in [0.25, 0.3) is 0 Å². The second kappa shape index (κ2) is 11.4. The Morgan fingerprint density at radius 1 is 1.00 bits per heavy atom. The zero-order chi connectivity index (χ0) is 20.4. The first-order valence-electron chi connectivity index (χ1n) is 11.5. The van der Waals surface area contributed by atoms with E-state index >= 15 is 0 Å². The van der Waals surface area contributed by atoms with Gasteiger partial charge < -0.3 is 9.47 Å². The Morgan fingerprint density at radius 2 is 1.77 bits per heavy atom. The standard InChI is InChI=1S/C25H35N3O2/c1-2-7-24(6-1)30-25-10-8-22(9-11-25)20-28(21-23-5-3-12-26-19-23)14-4-13-27-15-17-29-18-16-27/h3,5,8-12,19,24H,1-2,4,6-7,13-18,20-21H2. The van der Waals surface area contributed by atoms with E-state index in [9.17, 15) is 0 Å². The summed E-state index contributed by atoms with van der Waals surface area (Å²) in [6.45, 7) is 7.95. The summed E-state index contributed by atoms with van der Waals surface area (Å²) in [6.07, 6.45) is 10.4. The van der Waals surface area contributed by atoms with Gasteiger partial charge in [-0.3, -0.25) is 14.8 Å². The highest BCUT2D eigenvalue weighted by molar-refractivity contribution is 5.27. The third-order valence-corrected chi connectivity index (χ3v) is 6.12. The van der Waals surface area contributed by atoms with Gasteiger partial charge in [-0.1, -0.05) is 18.2 Å². The van der Waals surface area contributed by atoms with Gasteiger partial charge in [-0.25, -0.2) is 0 Å². The molecule has 1 aromatic heterocycles. The number of rotatable bonds is 10. The summed E-state index contributed by atoms with van der Waals surface area (Å²) in [4.78, 5) is 9.34. The zero-order valence-corrected chi connectivity index (χ0v) is 18.0. The first kappa shape index (κ1) is 21.3. The second-order valence-corrected chi connectivity index (χ2v) is 8.55. The molecule has 30 heavy (non-hydrogen) atoms. The molecule has 5 nitrogen and oxygen atoms in total. The SMILES string of the molecule is c1cncc(CN(CCCN2CCOCC2)Cc2ccc(OC3CCCC3)cc2)c1. The lowest BCUT2D eigenvalue weighted by atomic mass is 10.1. The third kappa shape index (κ3) is 6.79. The number of hydrogen-bond acceptors (Lipinski definition) is 5. The van der Waals surface area contributed by atoms with Crippen LogP contribution in [0.25, 0.3) is 0 Å². The van der Waals surface area contributed by atoms with Gasteiger partial charge in [-0.15, -0.1) is 0 Å². The first-order chi connectivity index (χ1) is 14.8. The molecule has 4 rings (SSSR count). The Balaban J connectivity index is 1.32. The summed E-state index contributed by atoms with van der Waals surface area (Å²) in [5, 5.41) is 0. The van der Waals surface area contributed by atoms with Crippen LogP contribution in [0.3, 0.4) is 0 Å². The van der Waals surface area contributed by atoms with Crippen LogP contribution in [0.1, 0.15) is 43.2 Å². The van der Waals surface area contributed by atoms with Crippen LogP contribution < -0.4 is 4.74 Å². The molecular formula is C25H35N3O2. The van der Waals surface area contributed by atoms with Crippen LogP contribution in [-0.2, 0) is 17.8 Å². The van der Waals surface area contributed by atoms with E-state index in [-0.39, 0.29) is 0 Å². The number of nitrogens with zero attached hydrogens (tertiary/aromatic N) is 3. The average Bonchev–Trinajstić information content (AvgIpc) is 3.30. The molecule has 0 bridgehead atoms. The summed E-state index contributed by atoms with van der Waals surface area (Å²) < 4.78 is 11.6. The van der Waals surface area contributed by atoms with Crippen LogP contribution in [0.15, 0.2) is 48.8 Å². The Morgan fingerprint density at radius 3 is 2.50 bits per heavy atom. The maximum Gasteiger partial charge on any atom is 0.119 e. The summed E-state index contributed by atoms with van der Waals surface area (Å²) in [5.41, 5.74) is 2.61. The van der Waals surface area contributed by atoms with Crippen LogP contribution in [-0.4, -0.2) is 60.3 Å². The van der Waals surface area contributed by atoms with E-state index in [4.69, 9.17) is 9.47 Å². The molecular weight excluding hydrogens is 374 g/mol. The molecule has 162 valence electrons. The van der Waals surface area contributed by atoms with Crippen molar-refractivity contribution in [2.75, 3.05) is 39.4 Å². The van der Waals surface area contributed by atoms with Gasteiger partial charge in [0, 0.05) is 45.1 Å². The molecule has 0 spiro atoms. The van der Waals surface area contributed by atoms with E-state index in [0.717, 1.165) is 58.2 Å². The molecule has 2 aromatic rings. The quantitative estimate of drug-likeness (QED) is 0.590. The maximum atomic E-state index is 6.13. The second-order valence-electron chi connectivity index (χ2n) is 8.55. The molecule has 1 saturated heterocycles. The molecule has 1 aliphatic heterocycles. The molecule has 5 heteroatoms. The molecule has 0 atom stereocenters. The van der Waals surface area contributed by atoms with Crippen molar-refractivity contribution in [3.05, 3.63) is 59.9 Å². The molecule has 2 fully saturated rings. The lowest BCUT2D eigenvalue weighted by Gasteiger charge is -2.28. The van der Waals surface area contributed by atoms with Crippen molar-refractivity contribution in [2.24, 2.45) is 0 Å². The van der Waals surface area contributed by atoms with E-state index in [0.29, 0.717) is 6.10 Å². The average molecular weight is 410 g/mol. The van der Waals surface area contributed by atoms with Crippen molar-refractivity contribution in [1.29, 1.82) is 0 Å². The van der Waals surface area contributed by atoms with Crippen molar-refractivity contribution in [3.8, 4) is 5.75 Å². The van der Waals surface area contributed by atoms with Crippen molar-refractivity contribution in [2.45, 2.75) is 51.3 Å². The lowest BCUT2D eigenvalue weighted by molar-refractivity contribution is 0.0359. The van der Waals surface area contributed by atoms with Crippen molar-refractivity contribution < 1.29 is 9.47 Å². The first-order valence-corrected chi connectivity index (χ1v) is 11.5. The minimum absolute atomic E-state index is 0.415. The Bertz CT molecular complexity index is 726. The topological polar surface area (TPSA) is 37.8 Å². The fraction of sp³-hybridized carbons (Fsp3) is 0.560. The molecule has 0 N–H and O–H groups in total. The smallest absolute Gasteiger partial charge is 0.119 e. The van der Waals surface area contributed by atoms with E-state index in [1.165, 1.54) is 43.2 Å². The van der Waals surface area contributed by atoms with Gasteiger partial charge in [0.15, 0.2) is 0 Å². The summed E-state index contributed by atoms with van der Waals surface area (Å²) in [5.74, 6) is 1.01. The highest BCUT2D eigenvalue weighted by Gasteiger charge is 2.16. The van der Waals surface area contributed by atoms with Crippen LogP contribution in [0.4, 0.5) is 0 Å². The van der Waals surface area contributed by atoms with Crippen LogP contribution in [0.5, 0.6) is 5.75 Å². The molecule has 0 amide bonds. The number of morpholine rings is 1. The monoisotopic (exact) mass is 409 g/mol. The normalized spacial score (nSPS) is 18.2. The van der Waals surface area contributed by atoms with E-state index in [1.54, 1.807) is 0 Å². The fourth-order valence-corrected chi connectivity index (χ4v) is 4.44. The van der Waals surface area contributed by atoms with Gasteiger partial charge in [0.2, 0.25) is 0 Å². The van der Waals surface area contributed by atoms with Crippen molar-refractivity contribution in [3.63, 3.8) is 0 Å². The Hall–Kier alpha value is -1.95. The zero-order valence-electron chi connectivity index (χ0n) is 18.0. The van der Waals surface area contributed by atoms with Gasteiger partial charge in [0.05, 0.1) is 19.3 Å². The molecule has 2 heterocycles. The van der Waals surface area contributed by atoms with Crippen LogP contribution >= 0.6 is 0 Å². The molecule has 1 saturated carbocycles. The maximum absolute atomic E-state index is 6.13. The highest BCUT2D eigenvalue weighted by atomic mass is 16.5.